The fourth-order valence-corrected chi connectivity index (χ4v) is 3.12. The number of thiophene rings is 1. The number of hydrogen-bond acceptors (Lipinski definition) is 3. The SMILES string of the molecule is N#CCCCCS(=O)c1cccs1. The molecule has 4 heteroatoms. The van der Waals surface area contributed by atoms with Gasteiger partial charge in [-0.2, -0.15) is 5.26 Å². The molecule has 0 aromatic carbocycles. The van der Waals surface area contributed by atoms with Crippen LogP contribution in [-0.2, 0) is 10.8 Å². The van der Waals surface area contributed by atoms with Gasteiger partial charge in [0.15, 0.2) is 0 Å². The Balaban J connectivity index is 2.24. The molecule has 2 nitrogen and oxygen atoms in total. The zero-order valence-corrected chi connectivity index (χ0v) is 8.87. The minimum Gasteiger partial charge on any atom is -0.254 e. The van der Waals surface area contributed by atoms with E-state index in [-0.39, 0.29) is 0 Å². The summed E-state index contributed by atoms with van der Waals surface area (Å²) in [6, 6.07) is 5.88. The molecule has 0 radical (unpaired) electrons. The Morgan fingerprint density at radius 3 is 3.00 bits per heavy atom. The lowest BCUT2D eigenvalue weighted by Crippen LogP contribution is -1.95. The number of nitriles is 1. The van der Waals surface area contributed by atoms with E-state index in [1.54, 1.807) is 0 Å². The molecule has 70 valence electrons. The molecule has 0 saturated carbocycles. The highest BCUT2D eigenvalue weighted by Gasteiger charge is 2.03. The van der Waals surface area contributed by atoms with Gasteiger partial charge in [0.05, 0.1) is 21.1 Å². The Hall–Kier alpha value is -0.660. The highest BCUT2D eigenvalue weighted by molar-refractivity contribution is 7.87. The van der Waals surface area contributed by atoms with Crippen LogP contribution in [0.5, 0.6) is 0 Å². The molecule has 1 rings (SSSR count). The molecular formula is C9H11NOS2. The maximum absolute atomic E-state index is 11.5. The first kappa shape index (κ1) is 10.4. The quantitative estimate of drug-likeness (QED) is 0.705. The van der Waals surface area contributed by atoms with Gasteiger partial charge in [0.2, 0.25) is 0 Å². The molecule has 0 aliphatic rings. The lowest BCUT2D eigenvalue weighted by atomic mass is 10.3. The van der Waals surface area contributed by atoms with Crippen LogP contribution in [0.4, 0.5) is 0 Å². The van der Waals surface area contributed by atoms with Crippen molar-refractivity contribution in [2.45, 2.75) is 23.5 Å². The first-order valence-corrected chi connectivity index (χ1v) is 6.33. The molecule has 0 aliphatic carbocycles. The van der Waals surface area contributed by atoms with E-state index in [2.05, 4.69) is 6.07 Å². The van der Waals surface area contributed by atoms with Crippen molar-refractivity contribution in [2.75, 3.05) is 5.75 Å². The second-order valence-corrected chi connectivity index (χ2v) is 5.34. The largest absolute Gasteiger partial charge is 0.254 e. The standard InChI is InChI=1S/C9H11NOS2/c10-6-2-1-3-8-13(11)9-5-4-7-12-9/h4-5,7H,1-3,8H2. The van der Waals surface area contributed by atoms with E-state index in [9.17, 15) is 4.21 Å². The van der Waals surface area contributed by atoms with Gasteiger partial charge < -0.3 is 0 Å². The van der Waals surface area contributed by atoms with Crippen LogP contribution in [0.1, 0.15) is 19.3 Å². The average molecular weight is 213 g/mol. The first-order chi connectivity index (χ1) is 6.34. The summed E-state index contributed by atoms with van der Waals surface area (Å²) in [5.41, 5.74) is 0. The van der Waals surface area contributed by atoms with E-state index in [1.165, 1.54) is 11.3 Å². The second-order valence-electron chi connectivity index (χ2n) is 2.60. The topological polar surface area (TPSA) is 40.9 Å². The minimum absolute atomic E-state index is 0.571. The Morgan fingerprint density at radius 2 is 2.38 bits per heavy atom. The van der Waals surface area contributed by atoms with E-state index in [0.717, 1.165) is 17.1 Å². The summed E-state index contributed by atoms with van der Waals surface area (Å²) in [5.74, 6) is 0.683. The maximum atomic E-state index is 11.5. The predicted octanol–water partition coefficient (Wildman–Crippen LogP) is 2.55. The molecule has 0 aliphatic heterocycles. The lowest BCUT2D eigenvalue weighted by molar-refractivity contribution is 0.679. The minimum atomic E-state index is -0.847. The molecule has 1 atom stereocenters. The smallest absolute Gasteiger partial charge is 0.0910 e. The second kappa shape index (κ2) is 5.90. The molecule has 0 saturated heterocycles. The van der Waals surface area contributed by atoms with Gasteiger partial charge in [-0.25, -0.2) is 0 Å². The summed E-state index contributed by atoms with van der Waals surface area (Å²) >= 11 is 1.53. The third-order valence-electron chi connectivity index (χ3n) is 1.59. The van der Waals surface area contributed by atoms with E-state index in [0.29, 0.717) is 12.2 Å². The van der Waals surface area contributed by atoms with Crippen LogP contribution < -0.4 is 0 Å². The third-order valence-corrected chi connectivity index (χ3v) is 4.34. The predicted molar refractivity (Wildman–Crippen MR) is 55.1 cm³/mol. The number of hydrogen-bond donors (Lipinski definition) is 0. The molecule has 1 heterocycles. The van der Waals surface area contributed by atoms with Gasteiger partial charge in [-0.1, -0.05) is 6.07 Å². The fraction of sp³-hybridized carbons (Fsp3) is 0.444. The zero-order valence-electron chi connectivity index (χ0n) is 7.23. The molecule has 0 amide bonds. The van der Waals surface area contributed by atoms with Crippen LogP contribution in [0.15, 0.2) is 21.7 Å². The highest BCUT2D eigenvalue weighted by atomic mass is 32.2. The van der Waals surface area contributed by atoms with E-state index in [4.69, 9.17) is 5.26 Å². The Bertz CT molecular complexity index is 300. The van der Waals surface area contributed by atoms with Crippen LogP contribution in [-0.4, -0.2) is 9.96 Å². The van der Waals surface area contributed by atoms with Gasteiger partial charge in [-0.15, -0.1) is 11.3 Å². The molecule has 13 heavy (non-hydrogen) atoms. The monoisotopic (exact) mass is 213 g/mol. The van der Waals surface area contributed by atoms with Crippen molar-refractivity contribution < 1.29 is 4.21 Å². The van der Waals surface area contributed by atoms with Crippen molar-refractivity contribution in [1.29, 1.82) is 5.26 Å². The van der Waals surface area contributed by atoms with Crippen molar-refractivity contribution >= 4 is 22.1 Å². The number of nitrogens with zero attached hydrogens (tertiary/aromatic N) is 1. The van der Waals surface area contributed by atoms with Gasteiger partial charge in [0, 0.05) is 12.2 Å². The Labute approximate surface area is 84.7 Å². The zero-order chi connectivity index (χ0) is 9.52. The summed E-state index contributed by atoms with van der Waals surface area (Å²) in [7, 11) is -0.847. The molecule has 1 aromatic rings. The van der Waals surface area contributed by atoms with Crippen LogP contribution in [0.2, 0.25) is 0 Å². The first-order valence-electron chi connectivity index (χ1n) is 4.13. The van der Waals surface area contributed by atoms with E-state index in [1.807, 2.05) is 17.5 Å². The normalized spacial score (nSPS) is 12.2. The Morgan fingerprint density at radius 1 is 1.54 bits per heavy atom. The van der Waals surface area contributed by atoms with E-state index < -0.39 is 10.8 Å². The third kappa shape index (κ3) is 3.71. The Kier molecular flexibility index (Phi) is 4.73. The van der Waals surface area contributed by atoms with Crippen LogP contribution in [0, 0.1) is 11.3 Å². The van der Waals surface area contributed by atoms with Crippen LogP contribution in [0.3, 0.4) is 0 Å². The van der Waals surface area contributed by atoms with E-state index >= 15 is 0 Å². The number of rotatable bonds is 5. The van der Waals surface area contributed by atoms with Crippen LogP contribution in [0.25, 0.3) is 0 Å². The molecule has 0 bridgehead atoms. The lowest BCUT2D eigenvalue weighted by Gasteiger charge is -1.96. The van der Waals surface area contributed by atoms with Crippen molar-refractivity contribution in [3.8, 4) is 6.07 Å². The summed E-state index contributed by atoms with van der Waals surface area (Å²) in [6.45, 7) is 0. The van der Waals surface area contributed by atoms with Crippen molar-refractivity contribution in [1.82, 2.24) is 0 Å². The molecule has 0 N–H and O–H groups in total. The summed E-state index contributed by atoms with van der Waals surface area (Å²) in [4.78, 5) is 0. The van der Waals surface area contributed by atoms with Gasteiger partial charge in [-0.05, 0) is 24.3 Å². The molecule has 0 fully saturated rings. The highest BCUT2D eigenvalue weighted by Crippen LogP contribution is 2.14. The van der Waals surface area contributed by atoms with Gasteiger partial charge in [0.1, 0.15) is 0 Å². The van der Waals surface area contributed by atoms with Crippen LogP contribution >= 0.6 is 11.3 Å². The van der Waals surface area contributed by atoms with Crippen molar-refractivity contribution in [3.05, 3.63) is 17.5 Å². The molecule has 0 spiro atoms. The fourth-order valence-electron chi connectivity index (χ4n) is 0.931. The maximum Gasteiger partial charge on any atom is 0.0910 e. The molecule has 1 unspecified atom stereocenters. The summed E-state index contributed by atoms with van der Waals surface area (Å²) in [6.07, 6.45) is 2.30. The van der Waals surface area contributed by atoms with Crippen molar-refractivity contribution in [2.24, 2.45) is 0 Å². The van der Waals surface area contributed by atoms with Gasteiger partial charge >= 0.3 is 0 Å². The summed E-state index contributed by atoms with van der Waals surface area (Å²) < 4.78 is 12.4. The van der Waals surface area contributed by atoms with Gasteiger partial charge in [0.25, 0.3) is 0 Å². The average Bonchev–Trinajstić information content (AvgIpc) is 2.65. The summed E-state index contributed by atoms with van der Waals surface area (Å²) in [5, 5.41) is 10.2. The molecule has 1 aromatic heterocycles. The molecular weight excluding hydrogens is 202 g/mol. The van der Waals surface area contributed by atoms with Crippen molar-refractivity contribution in [3.63, 3.8) is 0 Å². The number of unbranched alkanes of at least 4 members (excludes halogenated alkanes) is 2. The van der Waals surface area contributed by atoms with Gasteiger partial charge in [-0.3, -0.25) is 4.21 Å².